The van der Waals surface area contributed by atoms with Gasteiger partial charge >= 0.3 is 0 Å². The first kappa shape index (κ1) is 15.9. The first-order valence-electron chi connectivity index (χ1n) is 7.66. The summed E-state index contributed by atoms with van der Waals surface area (Å²) < 4.78 is 0. The Hall–Kier alpha value is -1.43. The Bertz CT molecular complexity index is 432. The minimum absolute atomic E-state index is 0.113. The Labute approximate surface area is 126 Å². The smallest absolute Gasteiger partial charge is 0.242 e. The second-order valence-corrected chi connectivity index (χ2v) is 5.63. The van der Waals surface area contributed by atoms with Gasteiger partial charge in [0.15, 0.2) is 0 Å². The minimum atomic E-state index is -0.302. The van der Waals surface area contributed by atoms with Crippen LogP contribution in [0.2, 0.25) is 0 Å². The predicted octanol–water partition coefficient (Wildman–Crippen LogP) is 0.997. The molecule has 1 aromatic rings. The third-order valence-corrected chi connectivity index (χ3v) is 4.31. The molecule has 0 saturated heterocycles. The van der Waals surface area contributed by atoms with Gasteiger partial charge in [0.1, 0.15) is 0 Å². The van der Waals surface area contributed by atoms with Crippen LogP contribution in [0, 0.1) is 0 Å². The zero-order chi connectivity index (χ0) is 15.1. The molecule has 5 nitrogen and oxygen atoms in total. The highest BCUT2D eigenvalue weighted by Gasteiger charge is 2.28. The quantitative estimate of drug-likeness (QED) is 0.398. The zero-order valence-corrected chi connectivity index (χ0v) is 12.4. The third kappa shape index (κ3) is 4.27. The molecule has 4 N–H and O–H groups in total. The third-order valence-electron chi connectivity index (χ3n) is 4.31. The highest BCUT2D eigenvalue weighted by atomic mass is 16.3. The number of aliphatic hydroxyl groups excluding tert-OH is 1. The van der Waals surface area contributed by atoms with Gasteiger partial charge < -0.3 is 5.11 Å². The number of carbonyl (C=O) groups excluding carboxylic acids is 1. The van der Waals surface area contributed by atoms with Crippen LogP contribution in [0.1, 0.15) is 37.2 Å². The summed E-state index contributed by atoms with van der Waals surface area (Å²) in [5.41, 5.74) is 3.23. The number of hydrazine groups is 1. The maximum absolute atomic E-state index is 12.1. The summed E-state index contributed by atoms with van der Waals surface area (Å²) in [5, 5.41) is 9.31. The van der Waals surface area contributed by atoms with Crippen molar-refractivity contribution in [3.05, 3.63) is 35.9 Å². The van der Waals surface area contributed by atoms with Crippen molar-refractivity contribution in [1.29, 1.82) is 0 Å². The van der Waals surface area contributed by atoms with Gasteiger partial charge in [0.05, 0.1) is 12.5 Å². The molecule has 5 heteroatoms. The average Bonchev–Trinajstić information content (AvgIpc) is 3.06. The summed E-state index contributed by atoms with van der Waals surface area (Å²) in [6.07, 6.45) is 4.74. The van der Waals surface area contributed by atoms with Gasteiger partial charge in [-0.25, -0.2) is 5.84 Å². The van der Waals surface area contributed by atoms with Gasteiger partial charge in [-0.2, -0.15) is 0 Å². The lowest BCUT2D eigenvalue weighted by Crippen LogP contribution is -2.44. The zero-order valence-electron chi connectivity index (χ0n) is 12.4. The molecule has 1 amide bonds. The molecule has 1 saturated carbocycles. The van der Waals surface area contributed by atoms with E-state index in [0.29, 0.717) is 19.1 Å². The van der Waals surface area contributed by atoms with Gasteiger partial charge in [0, 0.05) is 19.1 Å². The summed E-state index contributed by atoms with van der Waals surface area (Å²) in [7, 11) is 0. The van der Waals surface area contributed by atoms with Crippen LogP contribution in [0.4, 0.5) is 0 Å². The summed E-state index contributed by atoms with van der Waals surface area (Å²) in [6.45, 7) is 1.31. The summed E-state index contributed by atoms with van der Waals surface area (Å²) in [4.78, 5) is 14.4. The molecule has 21 heavy (non-hydrogen) atoms. The van der Waals surface area contributed by atoms with Gasteiger partial charge in [-0.15, -0.1) is 0 Å². The van der Waals surface area contributed by atoms with Gasteiger partial charge in [0.25, 0.3) is 0 Å². The van der Waals surface area contributed by atoms with Crippen molar-refractivity contribution in [3.8, 4) is 0 Å². The molecular weight excluding hydrogens is 266 g/mol. The highest BCUT2D eigenvalue weighted by molar-refractivity contribution is 5.83. The Morgan fingerprint density at radius 3 is 2.57 bits per heavy atom. The van der Waals surface area contributed by atoms with Crippen molar-refractivity contribution in [2.75, 3.05) is 19.7 Å². The lowest BCUT2D eigenvalue weighted by Gasteiger charge is -2.31. The summed E-state index contributed by atoms with van der Waals surface area (Å²) in [5.74, 6) is 4.86. The maximum atomic E-state index is 12.1. The van der Waals surface area contributed by atoms with Crippen LogP contribution in [0.3, 0.4) is 0 Å². The summed E-state index contributed by atoms with van der Waals surface area (Å²) >= 11 is 0. The van der Waals surface area contributed by atoms with Crippen molar-refractivity contribution in [3.63, 3.8) is 0 Å². The molecule has 1 atom stereocenters. The number of benzene rings is 1. The first-order valence-corrected chi connectivity index (χ1v) is 7.66. The molecule has 1 aromatic carbocycles. The van der Waals surface area contributed by atoms with E-state index in [1.165, 1.54) is 12.8 Å². The Kier molecular flexibility index (Phi) is 6.17. The van der Waals surface area contributed by atoms with Crippen LogP contribution in [0.15, 0.2) is 30.3 Å². The van der Waals surface area contributed by atoms with E-state index in [2.05, 4.69) is 10.3 Å². The maximum Gasteiger partial charge on any atom is 0.242 e. The normalized spacial score (nSPS) is 17.1. The molecule has 1 aliphatic rings. The highest BCUT2D eigenvalue weighted by Crippen LogP contribution is 2.26. The van der Waals surface area contributed by atoms with Crippen LogP contribution in [-0.2, 0) is 4.79 Å². The first-order chi connectivity index (χ1) is 10.3. The van der Waals surface area contributed by atoms with Crippen molar-refractivity contribution < 1.29 is 9.90 Å². The molecule has 0 bridgehead atoms. The van der Waals surface area contributed by atoms with Crippen LogP contribution in [0.5, 0.6) is 0 Å². The molecule has 1 aliphatic carbocycles. The van der Waals surface area contributed by atoms with Crippen molar-refractivity contribution >= 4 is 5.91 Å². The van der Waals surface area contributed by atoms with Gasteiger partial charge in [0.2, 0.25) is 5.91 Å². The number of hydrogen-bond acceptors (Lipinski definition) is 4. The molecule has 0 spiro atoms. The molecule has 116 valence electrons. The number of hydrogen-bond donors (Lipinski definition) is 3. The van der Waals surface area contributed by atoms with Crippen LogP contribution < -0.4 is 11.3 Å². The van der Waals surface area contributed by atoms with Crippen molar-refractivity contribution in [2.24, 2.45) is 5.84 Å². The molecule has 2 rings (SSSR count). The van der Waals surface area contributed by atoms with E-state index in [1.807, 2.05) is 30.3 Å². The molecular formula is C16H25N3O2. The Balaban J connectivity index is 2.13. The van der Waals surface area contributed by atoms with E-state index in [0.717, 1.165) is 18.4 Å². The lowest BCUT2D eigenvalue weighted by molar-refractivity contribution is -0.123. The number of nitrogens with two attached hydrogens (primary N) is 1. The van der Waals surface area contributed by atoms with Gasteiger partial charge in [-0.3, -0.25) is 15.1 Å². The number of aliphatic hydroxyl groups is 1. The fourth-order valence-electron chi connectivity index (χ4n) is 3.18. The number of nitrogens with one attached hydrogen (secondary N) is 1. The van der Waals surface area contributed by atoms with Crippen LogP contribution >= 0.6 is 0 Å². The summed E-state index contributed by atoms with van der Waals surface area (Å²) in [6, 6.07) is 10.2. The number of rotatable bonds is 7. The molecule has 0 radical (unpaired) electrons. The minimum Gasteiger partial charge on any atom is -0.395 e. The number of nitrogens with zero attached hydrogens (tertiary/aromatic N) is 1. The van der Waals surface area contributed by atoms with Gasteiger partial charge in [-0.05, 0) is 18.4 Å². The number of amides is 1. The molecule has 0 heterocycles. The SMILES string of the molecule is NNC(=O)C(CN(CCO)C1CCCC1)c1ccccc1. The fourth-order valence-corrected chi connectivity index (χ4v) is 3.18. The van der Waals surface area contributed by atoms with E-state index >= 15 is 0 Å². The lowest BCUT2D eigenvalue weighted by atomic mass is 9.97. The van der Waals surface area contributed by atoms with E-state index < -0.39 is 0 Å². The van der Waals surface area contributed by atoms with E-state index in [-0.39, 0.29) is 18.4 Å². The molecule has 0 aromatic heterocycles. The predicted molar refractivity (Wildman–Crippen MR) is 82.4 cm³/mol. The topological polar surface area (TPSA) is 78.6 Å². The van der Waals surface area contributed by atoms with Gasteiger partial charge in [-0.1, -0.05) is 43.2 Å². The number of carbonyl (C=O) groups is 1. The monoisotopic (exact) mass is 291 g/mol. The molecule has 1 fully saturated rings. The largest absolute Gasteiger partial charge is 0.395 e. The fraction of sp³-hybridized carbons (Fsp3) is 0.562. The molecule has 0 aliphatic heterocycles. The van der Waals surface area contributed by atoms with Crippen molar-refractivity contribution in [1.82, 2.24) is 10.3 Å². The molecule has 1 unspecified atom stereocenters. The second-order valence-electron chi connectivity index (χ2n) is 5.63. The van der Waals surface area contributed by atoms with Crippen molar-refractivity contribution in [2.45, 2.75) is 37.6 Å². The van der Waals surface area contributed by atoms with E-state index in [9.17, 15) is 9.90 Å². The Morgan fingerprint density at radius 2 is 2.00 bits per heavy atom. The standard InChI is InChI=1S/C16H25N3O2/c17-18-16(21)15(13-6-2-1-3-7-13)12-19(10-11-20)14-8-4-5-9-14/h1-3,6-7,14-15,20H,4-5,8-12,17H2,(H,18,21). The van der Waals surface area contributed by atoms with E-state index in [4.69, 9.17) is 5.84 Å². The van der Waals surface area contributed by atoms with Crippen LogP contribution in [0.25, 0.3) is 0 Å². The Morgan fingerprint density at radius 1 is 1.33 bits per heavy atom. The van der Waals surface area contributed by atoms with Crippen LogP contribution in [-0.4, -0.2) is 41.7 Å². The van der Waals surface area contributed by atoms with E-state index in [1.54, 1.807) is 0 Å². The second kappa shape index (κ2) is 8.12. The average molecular weight is 291 g/mol.